The maximum atomic E-state index is 12.5. The molecule has 0 aliphatic carbocycles. The summed E-state index contributed by atoms with van der Waals surface area (Å²) in [6.07, 6.45) is 4.82. The Kier molecular flexibility index (Phi) is 6.61. The largest absolute Gasteiger partial charge is 0.508 e. The second kappa shape index (κ2) is 9.54. The molecule has 0 unspecified atom stereocenters. The first-order chi connectivity index (χ1) is 17.4. The number of fused-ring (bicyclic) bond motifs is 2. The van der Waals surface area contributed by atoms with Crippen molar-refractivity contribution < 1.29 is 36.9 Å². The molecule has 4 N–H and O–H groups in total. The van der Waals surface area contributed by atoms with Crippen LogP contribution in [0.1, 0.15) is 11.1 Å². The summed E-state index contributed by atoms with van der Waals surface area (Å²) in [6.45, 7) is 0.517. The van der Waals surface area contributed by atoms with Crippen LogP contribution in [0, 0.1) is 0 Å². The summed E-state index contributed by atoms with van der Waals surface area (Å²) in [5.41, 5.74) is -3.54. The van der Waals surface area contributed by atoms with Gasteiger partial charge in [-0.05, 0) is 60.2 Å². The molecule has 192 valence electrons. The molecule has 37 heavy (non-hydrogen) atoms. The molecule has 0 amide bonds. The zero-order chi connectivity index (χ0) is 27.0. The van der Waals surface area contributed by atoms with E-state index >= 15 is 0 Å². The number of nitrogens with one attached hydrogen (secondary N) is 1. The SMILES string of the molecule is O=c1[nH]ccc2c(S(=O)(=O)C(F)(F)F)cccc12.Oc1ccc(N2C=Cc3cc(O)cc(O)c3C2)cc1. The Morgan fingerprint density at radius 2 is 1.59 bits per heavy atom. The van der Waals surface area contributed by atoms with Gasteiger partial charge in [-0.15, -0.1) is 0 Å². The number of anilines is 1. The van der Waals surface area contributed by atoms with Crippen LogP contribution in [0.2, 0.25) is 0 Å². The minimum atomic E-state index is -5.47. The third kappa shape index (κ3) is 5.09. The van der Waals surface area contributed by atoms with Crippen molar-refractivity contribution in [3.63, 3.8) is 0 Å². The predicted octanol–water partition coefficient (Wildman–Crippen LogP) is 4.62. The molecule has 0 saturated heterocycles. The predicted molar refractivity (Wildman–Crippen MR) is 131 cm³/mol. The van der Waals surface area contributed by atoms with Crippen molar-refractivity contribution in [1.29, 1.82) is 0 Å². The summed E-state index contributed by atoms with van der Waals surface area (Å²) in [7, 11) is -5.47. The van der Waals surface area contributed by atoms with Gasteiger partial charge < -0.3 is 25.2 Å². The quantitative estimate of drug-likeness (QED) is 0.296. The average molecular weight is 532 g/mol. The Labute approximate surface area is 208 Å². The highest BCUT2D eigenvalue weighted by atomic mass is 32.2. The summed E-state index contributed by atoms with van der Waals surface area (Å²) in [4.78, 5) is 14.7. The van der Waals surface area contributed by atoms with Gasteiger partial charge in [0.1, 0.15) is 17.2 Å². The Balaban J connectivity index is 0.000000173. The molecular weight excluding hydrogens is 513 g/mol. The number of halogens is 3. The highest BCUT2D eigenvalue weighted by molar-refractivity contribution is 7.92. The van der Waals surface area contributed by atoms with Crippen LogP contribution in [0.15, 0.2) is 82.8 Å². The maximum absolute atomic E-state index is 12.5. The number of hydrogen-bond donors (Lipinski definition) is 4. The van der Waals surface area contributed by atoms with Crippen molar-refractivity contribution >= 4 is 32.4 Å². The Bertz CT molecular complexity index is 1660. The van der Waals surface area contributed by atoms with Crippen molar-refractivity contribution in [2.24, 2.45) is 0 Å². The van der Waals surface area contributed by atoms with E-state index in [9.17, 15) is 41.7 Å². The van der Waals surface area contributed by atoms with Crippen LogP contribution in [0.4, 0.5) is 18.9 Å². The van der Waals surface area contributed by atoms with E-state index in [4.69, 9.17) is 0 Å². The van der Waals surface area contributed by atoms with Gasteiger partial charge in [-0.25, -0.2) is 8.42 Å². The number of H-pyrrole nitrogens is 1. The van der Waals surface area contributed by atoms with E-state index in [2.05, 4.69) is 4.98 Å². The van der Waals surface area contributed by atoms with Gasteiger partial charge in [0.25, 0.3) is 15.4 Å². The van der Waals surface area contributed by atoms with Crippen molar-refractivity contribution in [3.05, 3.63) is 94.5 Å². The van der Waals surface area contributed by atoms with E-state index in [-0.39, 0.29) is 28.0 Å². The van der Waals surface area contributed by atoms with Crippen LogP contribution in [0.5, 0.6) is 17.2 Å². The minimum absolute atomic E-state index is 0.0546. The molecule has 8 nitrogen and oxygen atoms in total. The van der Waals surface area contributed by atoms with E-state index < -0.39 is 25.8 Å². The molecule has 0 spiro atoms. The monoisotopic (exact) mass is 532 g/mol. The van der Waals surface area contributed by atoms with E-state index in [0.717, 1.165) is 41.2 Å². The van der Waals surface area contributed by atoms with Gasteiger partial charge in [0, 0.05) is 40.5 Å². The Hall–Kier alpha value is -4.45. The van der Waals surface area contributed by atoms with Gasteiger partial charge in [0.15, 0.2) is 0 Å². The number of benzene rings is 3. The standard InChI is InChI=1S/C15H13NO3.C10H6F3NO3S/c17-12-3-1-11(2-4-12)16-6-5-10-7-13(18)8-15(19)14(10)9-16;11-10(12,13)18(16,17)8-3-1-2-7-6(8)4-5-14-9(7)15/h1-8,17-19H,9H2;1-5H,(H,14,15). The molecule has 2 heterocycles. The lowest BCUT2D eigenvalue weighted by atomic mass is 10.0. The number of phenolic OH excluding ortho intramolecular Hbond substituents is 3. The lowest BCUT2D eigenvalue weighted by molar-refractivity contribution is -0.0435. The van der Waals surface area contributed by atoms with Gasteiger partial charge in [-0.1, -0.05) is 6.07 Å². The van der Waals surface area contributed by atoms with Crippen LogP contribution in [-0.4, -0.2) is 34.2 Å². The molecule has 0 fully saturated rings. The highest BCUT2D eigenvalue weighted by Gasteiger charge is 2.47. The molecule has 0 saturated carbocycles. The van der Waals surface area contributed by atoms with Gasteiger partial charge in [0.2, 0.25) is 0 Å². The first-order valence-electron chi connectivity index (χ1n) is 10.6. The number of aromatic nitrogens is 1. The normalized spacial score (nSPS) is 13.1. The number of aromatic hydroxyl groups is 3. The van der Waals surface area contributed by atoms with Crippen LogP contribution in [0.25, 0.3) is 16.8 Å². The van der Waals surface area contributed by atoms with Gasteiger partial charge in [-0.3, -0.25) is 4.79 Å². The number of hydrogen-bond acceptors (Lipinski definition) is 7. The Morgan fingerprint density at radius 1 is 0.892 bits per heavy atom. The van der Waals surface area contributed by atoms with Gasteiger partial charge in [-0.2, -0.15) is 13.2 Å². The van der Waals surface area contributed by atoms with E-state index in [0.29, 0.717) is 6.54 Å². The maximum Gasteiger partial charge on any atom is 0.501 e. The van der Waals surface area contributed by atoms with Crippen molar-refractivity contribution in [2.45, 2.75) is 16.9 Å². The number of nitrogens with zero attached hydrogens (tertiary/aromatic N) is 1. The van der Waals surface area contributed by atoms with Crippen molar-refractivity contribution in [1.82, 2.24) is 4.98 Å². The van der Waals surface area contributed by atoms with Crippen molar-refractivity contribution in [3.8, 4) is 17.2 Å². The molecule has 4 aromatic rings. The van der Waals surface area contributed by atoms with Gasteiger partial charge >= 0.3 is 5.51 Å². The molecule has 1 aliphatic rings. The number of alkyl halides is 3. The second-order valence-corrected chi connectivity index (χ2v) is 9.88. The Morgan fingerprint density at radius 3 is 2.27 bits per heavy atom. The second-order valence-electron chi connectivity index (χ2n) is 7.97. The zero-order valence-corrected chi connectivity index (χ0v) is 19.6. The van der Waals surface area contributed by atoms with Crippen LogP contribution < -0.4 is 10.5 Å². The summed E-state index contributed by atoms with van der Waals surface area (Å²) in [5.74, 6) is 0.361. The third-order valence-corrected chi connectivity index (χ3v) is 7.10. The summed E-state index contributed by atoms with van der Waals surface area (Å²) < 4.78 is 60.1. The molecule has 0 atom stereocenters. The molecule has 0 bridgehead atoms. The first-order valence-corrected chi connectivity index (χ1v) is 12.1. The zero-order valence-electron chi connectivity index (χ0n) is 18.8. The summed E-state index contributed by atoms with van der Waals surface area (Å²) >= 11 is 0. The minimum Gasteiger partial charge on any atom is -0.508 e. The highest BCUT2D eigenvalue weighted by Crippen LogP contribution is 2.35. The first kappa shape index (κ1) is 25.6. The number of phenols is 3. The average Bonchev–Trinajstić information content (AvgIpc) is 2.84. The number of aromatic amines is 1. The van der Waals surface area contributed by atoms with Crippen molar-refractivity contribution in [2.75, 3.05) is 4.90 Å². The van der Waals surface area contributed by atoms with E-state index in [1.165, 1.54) is 12.1 Å². The number of sulfone groups is 1. The molecule has 3 aromatic carbocycles. The number of pyridine rings is 1. The molecule has 12 heteroatoms. The van der Waals surface area contributed by atoms with E-state index in [1.807, 2.05) is 29.3 Å². The smallest absolute Gasteiger partial charge is 0.501 e. The molecule has 1 aromatic heterocycles. The lowest BCUT2D eigenvalue weighted by Gasteiger charge is -2.26. The third-order valence-electron chi connectivity index (χ3n) is 5.56. The molecule has 0 radical (unpaired) electrons. The van der Waals surface area contributed by atoms with Gasteiger partial charge in [0.05, 0.1) is 11.4 Å². The summed E-state index contributed by atoms with van der Waals surface area (Å²) in [6, 6.07) is 14.1. The lowest BCUT2D eigenvalue weighted by Crippen LogP contribution is -2.23. The summed E-state index contributed by atoms with van der Waals surface area (Å²) in [5, 5.41) is 28.3. The number of rotatable bonds is 2. The van der Waals surface area contributed by atoms with Crippen LogP contribution in [-0.2, 0) is 16.4 Å². The fourth-order valence-corrected chi connectivity index (χ4v) is 4.72. The molecule has 1 aliphatic heterocycles. The van der Waals surface area contributed by atoms with Crippen LogP contribution >= 0.6 is 0 Å². The fraction of sp³-hybridized carbons (Fsp3) is 0.0800. The molecular formula is C25H19F3N2O6S. The topological polar surface area (TPSA) is 131 Å². The van der Waals surface area contributed by atoms with Crippen LogP contribution in [0.3, 0.4) is 0 Å². The van der Waals surface area contributed by atoms with E-state index in [1.54, 1.807) is 18.2 Å². The molecule has 5 rings (SSSR count). The fourth-order valence-electron chi connectivity index (χ4n) is 3.75.